The van der Waals surface area contributed by atoms with Crippen LogP contribution < -0.4 is 10.6 Å². The van der Waals surface area contributed by atoms with E-state index in [2.05, 4.69) is 53.8 Å². The molecule has 1 atom stereocenters. The van der Waals surface area contributed by atoms with E-state index < -0.39 is 0 Å². The van der Waals surface area contributed by atoms with Crippen molar-refractivity contribution in [3.63, 3.8) is 0 Å². The molecule has 1 heterocycles. The van der Waals surface area contributed by atoms with Gasteiger partial charge in [0.1, 0.15) is 0 Å². The van der Waals surface area contributed by atoms with Gasteiger partial charge in [0, 0.05) is 13.1 Å². The van der Waals surface area contributed by atoms with Crippen LogP contribution in [0.15, 0.2) is 24.3 Å². The average Bonchev–Trinajstić information content (AvgIpc) is 2.99. The van der Waals surface area contributed by atoms with Crippen LogP contribution >= 0.6 is 0 Å². The van der Waals surface area contributed by atoms with Crippen LogP contribution in [0, 0.1) is 0 Å². The number of carbonyl (C=O) groups excluding carboxylic acids is 1. The highest BCUT2D eigenvalue weighted by Crippen LogP contribution is 2.09. The summed E-state index contributed by atoms with van der Waals surface area (Å²) in [5, 5.41) is 6.24. The van der Waals surface area contributed by atoms with Gasteiger partial charge in [0.05, 0.1) is 6.04 Å². The van der Waals surface area contributed by atoms with E-state index in [0.29, 0.717) is 6.54 Å². The lowest BCUT2D eigenvalue weighted by molar-refractivity contribution is -0.122. The number of benzene rings is 1. The first-order chi connectivity index (χ1) is 9.69. The molecule has 1 aromatic rings. The van der Waals surface area contributed by atoms with Gasteiger partial charge in [-0.25, -0.2) is 0 Å². The number of amides is 1. The van der Waals surface area contributed by atoms with Gasteiger partial charge in [0.25, 0.3) is 0 Å². The molecule has 20 heavy (non-hydrogen) atoms. The summed E-state index contributed by atoms with van der Waals surface area (Å²) in [5.41, 5.74) is 2.46. The van der Waals surface area contributed by atoms with Crippen molar-refractivity contribution in [2.75, 3.05) is 20.1 Å². The lowest BCUT2D eigenvalue weighted by Gasteiger charge is -2.15. The molecule has 0 bridgehead atoms. The minimum Gasteiger partial charge on any atom is -0.351 e. The molecule has 4 nitrogen and oxygen atoms in total. The highest BCUT2D eigenvalue weighted by atomic mass is 16.2. The molecular formula is C16H25N3O. The predicted octanol–water partition coefficient (Wildman–Crippen LogP) is 1.51. The summed E-state index contributed by atoms with van der Waals surface area (Å²) in [7, 11) is 2.11. The first-order valence-corrected chi connectivity index (χ1v) is 7.46. The van der Waals surface area contributed by atoms with E-state index in [1.807, 2.05) is 0 Å². The first-order valence-electron chi connectivity index (χ1n) is 7.46. The van der Waals surface area contributed by atoms with Crippen LogP contribution in [0.4, 0.5) is 0 Å². The van der Waals surface area contributed by atoms with Crippen molar-refractivity contribution in [2.45, 2.75) is 38.9 Å². The Hall–Kier alpha value is -1.39. The van der Waals surface area contributed by atoms with Gasteiger partial charge in [-0.15, -0.1) is 0 Å². The average molecular weight is 275 g/mol. The molecule has 0 spiro atoms. The van der Waals surface area contributed by atoms with Gasteiger partial charge < -0.3 is 15.5 Å². The Morgan fingerprint density at radius 3 is 2.95 bits per heavy atom. The second kappa shape index (κ2) is 7.41. The summed E-state index contributed by atoms with van der Waals surface area (Å²) >= 11 is 0. The Labute approximate surface area is 121 Å². The van der Waals surface area contributed by atoms with E-state index in [0.717, 1.165) is 32.5 Å². The Morgan fingerprint density at radius 2 is 2.25 bits per heavy atom. The van der Waals surface area contributed by atoms with E-state index in [1.54, 1.807) is 0 Å². The van der Waals surface area contributed by atoms with E-state index in [9.17, 15) is 4.79 Å². The zero-order valence-corrected chi connectivity index (χ0v) is 12.5. The summed E-state index contributed by atoms with van der Waals surface area (Å²) in [4.78, 5) is 14.2. The number of hydrogen-bond acceptors (Lipinski definition) is 3. The van der Waals surface area contributed by atoms with Crippen LogP contribution in [0.1, 0.15) is 30.9 Å². The molecule has 0 unspecified atom stereocenters. The van der Waals surface area contributed by atoms with Crippen molar-refractivity contribution in [1.82, 2.24) is 15.5 Å². The Balaban J connectivity index is 1.86. The fraction of sp³-hybridized carbons (Fsp3) is 0.562. The minimum absolute atomic E-state index is 0.00408. The van der Waals surface area contributed by atoms with Gasteiger partial charge in [-0.05, 0) is 44.1 Å². The number of nitrogens with zero attached hydrogens (tertiary/aromatic N) is 1. The molecule has 110 valence electrons. The zero-order chi connectivity index (χ0) is 14.4. The molecule has 2 rings (SSSR count). The largest absolute Gasteiger partial charge is 0.351 e. The third-order valence-electron chi connectivity index (χ3n) is 3.83. The molecule has 0 aliphatic carbocycles. The smallest absolute Gasteiger partial charge is 0.237 e. The monoisotopic (exact) mass is 275 g/mol. The van der Waals surface area contributed by atoms with Crippen molar-refractivity contribution < 1.29 is 4.79 Å². The van der Waals surface area contributed by atoms with Crippen molar-refractivity contribution >= 4 is 5.91 Å². The molecule has 1 fully saturated rings. The zero-order valence-electron chi connectivity index (χ0n) is 12.5. The first kappa shape index (κ1) is 15.0. The van der Waals surface area contributed by atoms with Crippen molar-refractivity contribution in [3.8, 4) is 0 Å². The molecule has 1 amide bonds. The van der Waals surface area contributed by atoms with E-state index in [-0.39, 0.29) is 11.9 Å². The molecule has 0 aromatic heterocycles. The molecule has 1 aromatic carbocycles. The van der Waals surface area contributed by atoms with Crippen molar-refractivity contribution in [3.05, 3.63) is 35.4 Å². The third-order valence-corrected chi connectivity index (χ3v) is 3.83. The van der Waals surface area contributed by atoms with Crippen LogP contribution in [-0.4, -0.2) is 37.0 Å². The number of hydrogen-bond donors (Lipinski definition) is 2. The number of carbonyl (C=O) groups is 1. The molecule has 4 heteroatoms. The second-order valence-electron chi connectivity index (χ2n) is 5.52. The van der Waals surface area contributed by atoms with E-state index in [1.165, 1.54) is 11.1 Å². The lowest BCUT2D eigenvalue weighted by Crippen LogP contribution is -2.40. The quantitative estimate of drug-likeness (QED) is 0.827. The summed E-state index contributed by atoms with van der Waals surface area (Å²) in [6, 6.07) is 8.45. The molecule has 0 saturated carbocycles. The van der Waals surface area contributed by atoms with Crippen LogP contribution in [0.25, 0.3) is 0 Å². The highest BCUT2D eigenvalue weighted by molar-refractivity contribution is 5.81. The van der Waals surface area contributed by atoms with Crippen molar-refractivity contribution in [2.24, 2.45) is 0 Å². The molecule has 1 aliphatic rings. The maximum Gasteiger partial charge on any atom is 0.237 e. The van der Waals surface area contributed by atoms with E-state index in [4.69, 9.17) is 0 Å². The molecule has 1 aliphatic heterocycles. The van der Waals surface area contributed by atoms with E-state index >= 15 is 0 Å². The van der Waals surface area contributed by atoms with Crippen LogP contribution in [0.5, 0.6) is 0 Å². The van der Waals surface area contributed by atoms with Gasteiger partial charge in [-0.3, -0.25) is 4.79 Å². The molecule has 1 saturated heterocycles. The number of nitrogens with one attached hydrogen (secondary N) is 2. The molecular weight excluding hydrogens is 250 g/mol. The Morgan fingerprint density at radius 1 is 1.45 bits per heavy atom. The summed E-state index contributed by atoms with van der Waals surface area (Å²) in [6.07, 6.45) is 2.05. The van der Waals surface area contributed by atoms with Gasteiger partial charge in [0.15, 0.2) is 0 Å². The fourth-order valence-corrected chi connectivity index (χ4v) is 2.48. The maximum absolute atomic E-state index is 11.9. The SMILES string of the molecule is CCN(C)Cc1cccc(CNC(=O)[C@@H]2CCCN2)c1. The van der Waals surface area contributed by atoms with Crippen molar-refractivity contribution in [1.29, 1.82) is 0 Å². The fourth-order valence-electron chi connectivity index (χ4n) is 2.48. The van der Waals surface area contributed by atoms with Gasteiger partial charge in [-0.2, -0.15) is 0 Å². The standard InChI is InChI=1S/C16H25N3O/c1-3-19(2)12-14-7-4-6-13(10-14)11-18-16(20)15-8-5-9-17-15/h4,6-7,10,15,17H,3,5,8-9,11-12H2,1-2H3,(H,18,20)/t15-/m0/s1. The maximum atomic E-state index is 11.9. The summed E-state index contributed by atoms with van der Waals surface area (Å²) in [5.74, 6) is 0.124. The lowest BCUT2D eigenvalue weighted by atomic mass is 10.1. The summed E-state index contributed by atoms with van der Waals surface area (Å²) in [6.45, 7) is 5.70. The second-order valence-corrected chi connectivity index (χ2v) is 5.52. The predicted molar refractivity (Wildman–Crippen MR) is 81.3 cm³/mol. The normalized spacial score (nSPS) is 18.4. The van der Waals surface area contributed by atoms with Crippen LogP contribution in [0.2, 0.25) is 0 Å². The highest BCUT2D eigenvalue weighted by Gasteiger charge is 2.21. The van der Waals surface area contributed by atoms with Gasteiger partial charge in [-0.1, -0.05) is 31.2 Å². The summed E-state index contributed by atoms with van der Waals surface area (Å²) < 4.78 is 0. The topological polar surface area (TPSA) is 44.4 Å². The molecule has 2 N–H and O–H groups in total. The van der Waals surface area contributed by atoms with Crippen LogP contribution in [0.3, 0.4) is 0 Å². The van der Waals surface area contributed by atoms with Gasteiger partial charge >= 0.3 is 0 Å². The Bertz CT molecular complexity index is 441. The van der Waals surface area contributed by atoms with Gasteiger partial charge in [0.2, 0.25) is 5.91 Å². The van der Waals surface area contributed by atoms with Crippen LogP contribution in [-0.2, 0) is 17.9 Å². The number of rotatable bonds is 6. The minimum atomic E-state index is 0.00408. The Kier molecular flexibility index (Phi) is 5.56. The molecule has 0 radical (unpaired) electrons. The third kappa shape index (κ3) is 4.32.